The smallest absolute Gasteiger partial charge is 0.233 e. The zero-order chi connectivity index (χ0) is 15.2. The molecule has 1 amide bonds. The van der Waals surface area contributed by atoms with Crippen LogP contribution in [0.3, 0.4) is 0 Å². The molecule has 0 aliphatic carbocycles. The molecule has 0 unspecified atom stereocenters. The highest BCUT2D eigenvalue weighted by Gasteiger charge is 2.15. The number of nitrogens with zero attached hydrogens (tertiary/aromatic N) is 3. The second-order valence-corrected chi connectivity index (χ2v) is 8.03. The summed E-state index contributed by atoms with van der Waals surface area (Å²) in [4.78, 5) is 15.2. The van der Waals surface area contributed by atoms with Crippen LogP contribution in [0.15, 0.2) is 16.5 Å². The summed E-state index contributed by atoms with van der Waals surface area (Å²) in [7, 11) is 1.80. The molecule has 0 spiro atoms. The summed E-state index contributed by atoms with van der Waals surface area (Å²) in [5.41, 5.74) is 0. The number of carbonyl (C=O) groups excluding carboxylic acids is 1. The molecule has 5 nitrogen and oxygen atoms in total. The molecule has 0 aromatic carbocycles. The Hall–Kier alpha value is -0.830. The van der Waals surface area contributed by atoms with Gasteiger partial charge in [0.2, 0.25) is 11.0 Å². The maximum Gasteiger partial charge on any atom is 0.233 e. The largest absolute Gasteiger partial charge is 0.363 e. The van der Waals surface area contributed by atoms with Gasteiger partial charge in [-0.25, -0.2) is 0 Å². The molecule has 0 aliphatic rings. The minimum Gasteiger partial charge on any atom is -0.363 e. The van der Waals surface area contributed by atoms with Gasteiger partial charge in [-0.15, -0.1) is 21.5 Å². The van der Waals surface area contributed by atoms with E-state index in [0.717, 1.165) is 18.7 Å². The van der Waals surface area contributed by atoms with Crippen LogP contribution in [0.2, 0.25) is 4.34 Å². The lowest BCUT2D eigenvalue weighted by atomic mass is 10.4. The molecule has 0 saturated heterocycles. The first-order valence-electron chi connectivity index (χ1n) is 6.28. The molecule has 2 heterocycles. The van der Waals surface area contributed by atoms with Gasteiger partial charge in [0.15, 0.2) is 4.34 Å². The minimum absolute atomic E-state index is 0.0910. The van der Waals surface area contributed by atoms with Gasteiger partial charge in [0, 0.05) is 18.5 Å². The van der Waals surface area contributed by atoms with E-state index < -0.39 is 0 Å². The third kappa shape index (κ3) is 4.84. The molecular formula is C12H15ClN4OS3. The van der Waals surface area contributed by atoms with Crippen molar-refractivity contribution in [3.63, 3.8) is 0 Å². The highest BCUT2D eigenvalue weighted by molar-refractivity contribution is 8.01. The Bertz CT molecular complexity index is 601. The standard InChI is InChI=1S/C12H15ClN4OS3/c1-3-17(6-8-4-5-9(13)20-8)10(18)7-19-12-16-15-11(14-2)21-12/h4-5H,3,6-7H2,1-2H3,(H,14,15). The second-order valence-electron chi connectivity index (χ2n) is 4.03. The van der Waals surface area contributed by atoms with Crippen LogP contribution in [-0.4, -0.2) is 40.3 Å². The van der Waals surface area contributed by atoms with Crippen LogP contribution in [0, 0.1) is 0 Å². The number of thioether (sulfide) groups is 1. The maximum absolute atomic E-state index is 12.3. The molecule has 0 saturated carbocycles. The summed E-state index contributed by atoms with van der Waals surface area (Å²) in [6.45, 7) is 3.25. The van der Waals surface area contributed by atoms with Crippen molar-refractivity contribution in [1.82, 2.24) is 15.1 Å². The molecule has 21 heavy (non-hydrogen) atoms. The van der Waals surface area contributed by atoms with Crippen LogP contribution in [-0.2, 0) is 11.3 Å². The molecular weight excluding hydrogens is 348 g/mol. The van der Waals surface area contributed by atoms with Crippen molar-refractivity contribution in [2.75, 3.05) is 24.7 Å². The molecule has 0 aliphatic heterocycles. The van der Waals surface area contributed by atoms with Crippen molar-refractivity contribution >= 4 is 57.1 Å². The number of thiophene rings is 1. The number of carbonyl (C=O) groups is 1. The van der Waals surface area contributed by atoms with Gasteiger partial charge in [0.05, 0.1) is 16.6 Å². The molecule has 9 heteroatoms. The number of halogens is 1. The maximum atomic E-state index is 12.3. The van der Waals surface area contributed by atoms with Crippen molar-refractivity contribution in [2.24, 2.45) is 0 Å². The lowest BCUT2D eigenvalue weighted by molar-refractivity contribution is -0.128. The van der Waals surface area contributed by atoms with Crippen molar-refractivity contribution in [1.29, 1.82) is 0 Å². The minimum atomic E-state index is 0.0910. The molecule has 0 atom stereocenters. The monoisotopic (exact) mass is 362 g/mol. The van der Waals surface area contributed by atoms with Crippen molar-refractivity contribution < 1.29 is 4.79 Å². The van der Waals surface area contributed by atoms with Gasteiger partial charge in [0.25, 0.3) is 0 Å². The predicted octanol–water partition coefficient (Wildman–Crippen LogP) is 3.44. The highest BCUT2D eigenvalue weighted by atomic mass is 35.5. The Morgan fingerprint density at radius 1 is 1.43 bits per heavy atom. The van der Waals surface area contributed by atoms with Crippen LogP contribution < -0.4 is 5.32 Å². The molecule has 0 radical (unpaired) electrons. The first-order valence-corrected chi connectivity index (χ1v) is 9.28. The van der Waals surface area contributed by atoms with Crippen molar-refractivity contribution in [3.8, 4) is 0 Å². The summed E-state index contributed by atoms with van der Waals surface area (Å²) in [6.07, 6.45) is 0. The lowest BCUT2D eigenvalue weighted by Gasteiger charge is -2.19. The number of amides is 1. The van der Waals surface area contributed by atoms with E-state index in [1.807, 2.05) is 24.0 Å². The Morgan fingerprint density at radius 2 is 2.24 bits per heavy atom. The van der Waals surface area contributed by atoms with E-state index in [4.69, 9.17) is 11.6 Å². The van der Waals surface area contributed by atoms with Gasteiger partial charge in [-0.1, -0.05) is 34.7 Å². The normalized spacial score (nSPS) is 10.6. The van der Waals surface area contributed by atoms with E-state index >= 15 is 0 Å². The summed E-state index contributed by atoms with van der Waals surface area (Å²) in [5, 5.41) is 11.6. The van der Waals surface area contributed by atoms with E-state index in [1.54, 1.807) is 7.05 Å². The van der Waals surface area contributed by atoms with Crippen molar-refractivity contribution in [3.05, 3.63) is 21.3 Å². The Labute approximate surface area is 140 Å². The zero-order valence-electron chi connectivity index (χ0n) is 11.6. The van der Waals surface area contributed by atoms with E-state index in [-0.39, 0.29) is 5.91 Å². The van der Waals surface area contributed by atoms with Gasteiger partial charge < -0.3 is 10.2 Å². The quantitative estimate of drug-likeness (QED) is 0.764. The van der Waals surface area contributed by atoms with Gasteiger partial charge >= 0.3 is 0 Å². The summed E-state index contributed by atoms with van der Waals surface area (Å²) in [5.74, 6) is 0.457. The van der Waals surface area contributed by atoms with Crippen LogP contribution in [0.5, 0.6) is 0 Å². The number of rotatable bonds is 7. The van der Waals surface area contributed by atoms with Crippen molar-refractivity contribution in [2.45, 2.75) is 17.8 Å². The number of hydrogen-bond acceptors (Lipinski definition) is 7. The molecule has 2 aromatic rings. The molecule has 1 N–H and O–H groups in total. The Morgan fingerprint density at radius 3 is 2.81 bits per heavy atom. The Balaban J connectivity index is 1.87. The number of aromatic nitrogens is 2. The number of hydrogen-bond donors (Lipinski definition) is 1. The first-order chi connectivity index (χ1) is 10.1. The fourth-order valence-corrected chi connectivity index (χ4v) is 4.30. The van der Waals surface area contributed by atoms with Gasteiger partial charge in [-0.05, 0) is 19.1 Å². The fraction of sp³-hybridized carbons (Fsp3) is 0.417. The summed E-state index contributed by atoms with van der Waals surface area (Å²) < 4.78 is 1.54. The van der Waals surface area contributed by atoms with Gasteiger partial charge in [-0.3, -0.25) is 4.79 Å². The Kier molecular flexibility index (Phi) is 6.28. The predicted molar refractivity (Wildman–Crippen MR) is 90.6 cm³/mol. The lowest BCUT2D eigenvalue weighted by Crippen LogP contribution is -2.31. The third-order valence-electron chi connectivity index (χ3n) is 2.65. The average Bonchev–Trinajstić information content (AvgIpc) is 3.10. The first kappa shape index (κ1) is 16.5. The number of nitrogens with one attached hydrogen (secondary N) is 1. The van der Waals surface area contributed by atoms with Crippen LogP contribution in [0.4, 0.5) is 5.13 Å². The van der Waals surface area contributed by atoms with Gasteiger partial charge in [0.1, 0.15) is 0 Å². The van der Waals surface area contributed by atoms with E-state index in [0.29, 0.717) is 18.8 Å². The van der Waals surface area contributed by atoms with E-state index in [2.05, 4.69) is 15.5 Å². The van der Waals surface area contributed by atoms with Gasteiger partial charge in [-0.2, -0.15) is 0 Å². The molecule has 114 valence electrons. The third-order valence-corrected chi connectivity index (χ3v) is 5.92. The van der Waals surface area contributed by atoms with Crippen LogP contribution >= 0.6 is 46.0 Å². The second kappa shape index (κ2) is 7.98. The highest BCUT2D eigenvalue weighted by Crippen LogP contribution is 2.26. The zero-order valence-corrected chi connectivity index (χ0v) is 14.8. The average molecular weight is 363 g/mol. The van der Waals surface area contributed by atoms with Crippen LogP contribution in [0.1, 0.15) is 11.8 Å². The summed E-state index contributed by atoms with van der Waals surface area (Å²) >= 11 is 10.3. The summed E-state index contributed by atoms with van der Waals surface area (Å²) in [6, 6.07) is 3.81. The van der Waals surface area contributed by atoms with E-state index in [9.17, 15) is 4.79 Å². The van der Waals surface area contributed by atoms with Crippen LogP contribution in [0.25, 0.3) is 0 Å². The number of anilines is 1. The molecule has 2 rings (SSSR count). The molecule has 0 fully saturated rings. The SMILES string of the molecule is CCN(Cc1ccc(Cl)s1)C(=O)CSc1nnc(NC)s1. The topological polar surface area (TPSA) is 58.1 Å². The molecule has 0 bridgehead atoms. The fourth-order valence-electron chi connectivity index (χ4n) is 1.59. The molecule has 2 aromatic heterocycles. The van der Waals surface area contributed by atoms with E-state index in [1.165, 1.54) is 34.4 Å².